The Morgan fingerprint density at radius 1 is 1.10 bits per heavy atom. The van der Waals surface area contributed by atoms with Crippen LogP contribution in [-0.2, 0) is 13.1 Å². The highest BCUT2D eigenvalue weighted by molar-refractivity contribution is 6.30. The molecule has 0 saturated carbocycles. The largest absolute Gasteiger partial charge is 0.337 e. The number of nitrogens with zero attached hydrogens (tertiary/aromatic N) is 7. The predicted molar refractivity (Wildman–Crippen MR) is 114 cm³/mol. The lowest BCUT2D eigenvalue weighted by atomic mass is 10.1. The molecule has 3 heterocycles. The Balaban J connectivity index is 1.41. The third kappa shape index (κ3) is 3.82. The minimum absolute atomic E-state index is 0.0879. The number of benzene rings is 2. The topological polar surface area (TPSA) is 105 Å². The highest BCUT2D eigenvalue weighted by Gasteiger charge is 2.15. The van der Waals surface area contributed by atoms with Crippen molar-refractivity contribution >= 4 is 22.8 Å². The molecule has 0 aliphatic carbocycles. The summed E-state index contributed by atoms with van der Waals surface area (Å²) in [7, 11) is 0. The quantitative estimate of drug-likeness (QED) is 0.419. The lowest BCUT2D eigenvalue weighted by Gasteiger charge is -2.03. The van der Waals surface area contributed by atoms with E-state index in [-0.39, 0.29) is 17.6 Å². The molecule has 0 aliphatic rings. The van der Waals surface area contributed by atoms with E-state index in [0.29, 0.717) is 28.9 Å². The number of hydrogen-bond acceptors (Lipinski definition) is 7. The van der Waals surface area contributed by atoms with Gasteiger partial charge in [0.05, 0.1) is 6.54 Å². The fourth-order valence-corrected chi connectivity index (χ4v) is 3.36. The van der Waals surface area contributed by atoms with Gasteiger partial charge < -0.3 is 4.52 Å². The van der Waals surface area contributed by atoms with Crippen molar-refractivity contribution in [2.24, 2.45) is 0 Å². The van der Waals surface area contributed by atoms with Crippen LogP contribution in [0.25, 0.3) is 22.6 Å². The molecule has 3 aromatic heterocycles. The molecule has 0 aliphatic heterocycles. The van der Waals surface area contributed by atoms with Crippen molar-refractivity contribution in [1.82, 2.24) is 34.7 Å². The van der Waals surface area contributed by atoms with Crippen molar-refractivity contribution in [3.8, 4) is 11.4 Å². The summed E-state index contributed by atoms with van der Waals surface area (Å²) >= 11 is 5.93. The second-order valence-electron chi connectivity index (χ2n) is 7.10. The Bertz CT molecular complexity index is 1440. The van der Waals surface area contributed by atoms with E-state index in [9.17, 15) is 4.79 Å². The van der Waals surface area contributed by atoms with Crippen LogP contribution in [0.15, 0.2) is 64.2 Å². The van der Waals surface area contributed by atoms with E-state index in [1.165, 1.54) is 10.9 Å². The first kappa shape index (κ1) is 19.1. The van der Waals surface area contributed by atoms with Gasteiger partial charge in [-0.2, -0.15) is 4.98 Å². The average Bonchev–Trinajstić information content (AvgIpc) is 3.40. The third-order valence-corrected chi connectivity index (χ3v) is 5.04. The van der Waals surface area contributed by atoms with E-state index >= 15 is 0 Å². The van der Waals surface area contributed by atoms with Gasteiger partial charge in [0, 0.05) is 10.6 Å². The number of fused-ring (bicyclic) bond motifs is 1. The summed E-state index contributed by atoms with van der Waals surface area (Å²) in [4.78, 5) is 21.6. The normalized spacial score (nSPS) is 11.3. The van der Waals surface area contributed by atoms with E-state index in [1.807, 2.05) is 43.3 Å². The molecule has 0 atom stereocenters. The molecule has 0 radical (unpaired) electrons. The molecule has 154 valence electrons. The lowest BCUT2D eigenvalue weighted by Crippen LogP contribution is -2.21. The van der Waals surface area contributed by atoms with Crippen LogP contribution in [0.5, 0.6) is 0 Å². The second kappa shape index (κ2) is 7.77. The van der Waals surface area contributed by atoms with E-state index in [4.69, 9.17) is 16.1 Å². The zero-order valence-electron chi connectivity index (χ0n) is 16.4. The molecular weight excluding hydrogens is 418 g/mol. The molecule has 10 heteroatoms. The summed E-state index contributed by atoms with van der Waals surface area (Å²) in [5.74, 6) is 0.767. The maximum atomic E-state index is 12.9. The Morgan fingerprint density at radius 2 is 1.94 bits per heavy atom. The summed E-state index contributed by atoms with van der Waals surface area (Å²) in [6, 6.07) is 15.2. The molecule has 5 aromatic rings. The minimum Gasteiger partial charge on any atom is -0.337 e. The zero-order valence-corrected chi connectivity index (χ0v) is 17.2. The molecule has 0 amide bonds. The molecular formula is C21H16ClN7O2. The lowest BCUT2D eigenvalue weighted by molar-refractivity contribution is 0.369. The molecule has 0 spiro atoms. The van der Waals surface area contributed by atoms with Crippen molar-refractivity contribution < 1.29 is 4.52 Å². The van der Waals surface area contributed by atoms with Gasteiger partial charge in [-0.05, 0) is 30.7 Å². The maximum Gasteiger partial charge on any atom is 0.283 e. The standard InChI is InChI=1S/C21H16ClN7O2/c1-13-3-2-4-15(9-13)19-24-17(31-26-19)11-28-12-23-20-18(21(28)30)25-27-29(20)10-14-5-7-16(22)8-6-14/h2-9,12H,10-11H2,1H3. The van der Waals surface area contributed by atoms with Gasteiger partial charge in [-0.1, -0.05) is 57.9 Å². The Hall–Kier alpha value is -3.85. The van der Waals surface area contributed by atoms with Crippen LogP contribution in [0.2, 0.25) is 5.02 Å². The van der Waals surface area contributed by atoms with Gasteiger partial charge >= 0.3 is 0 Å². The van der Waals surface area contributed by atoms with E-state index in [2.05, 4.69) is 25.4 Å². The highest BCUT2D eigenvalue weighted by atomic mass is 35.5. The van der Waals surface area contributed by atoms with Crippen LogP contribution in [0.4, 0.5) is 0 Å². The van der Waals surface area contributed by atoms with Crippen molar-refractivity contribution in [3.05, 3.63) is 87.3 Å². The number of halogens is 1. The molecule has 31 heavy (non-hydrogen) atoms. The van der Waals surface area contributed by atoms with Crippen LogP contribution in [-0.4, -0.2) is 34.7 Å². The summed E-state index contributed by atoms with van der Waals surface area (Å²) in [6.07, 6.45) is 1.43. The smallest absolute Gasteiger partial charge is 0.283 e. The van der Waals surface area contributed by atoms with Crippen LogP contribution < -0.4 is 5.56 Å². The molecule has 0 N–H and O–H groups in total. The first-order valence-corrected chi connectivity index (χ1v) is 9.87. The molecule has 5 rings (SSSR count). The van der Waals surface area contributed by atoms with E-state index in [0.717, 1.165) is 16.7 Å². The van der Waals surface area contributed by atoms with E-state index < -0.39 is 0 Å². The van der Waals surface area contributed by atoms with Gasteiger partial charge in [-0.25, -0.2) is 9.67 Å². The van der Waals surface area contributed by atoms with Crippen molar-refractivity contribution in [2.45, 2.75) is 20.0 Å². The number of rotatable bonds is 5. The van der Waals surface area contributed by atoms with Crippen molar-refractivity contribution in [2.75, 3.05) is 0 Å². The summed E-state index contributed by atoms with van der Waals surface area (Å²) in [6.45, 7) is 2.50. The van der Waals surface area contributed by atoms with Gasteiger partial charge in [0.2, 0.25) is 11.7 Å². The van der Waals surface area contributed by atoms with Gasteiger partial charge in [0.15, 0.2) is 11.2 Å². The molecule has 0 bridgehead atoms. The Kier molecular flexibility index (Phi) is 4.79. The molecule has 0 fully saturated rings. The summed E-state index contributed by atoms with van der Waals surface area (Å²) in [5.41, 5.74) is 3.16. The first-order valence-electron chi connectivity index (χ1n) is 9.49. The SMILES string of the molecule is Cc1cccc(-c2noc(Cn3cnc4c(nnn4Cc4ccc(Cl)cc4)c3=O)n2)c1. The van der Waals surface area contributed by atoms with Crippen LogP contribution in [0, 0.1) is 6.92 Å². The number of aromatic nitrogens is 7. The minimum atomic E-state index is -0.331. The molecule has 9 nitrogen and oxygen atoms in total. The van der Waals surface area contributed by atoms with Gasteiger partial charge in [0.1, 0.15) is 12.9 Å². The monoisotopic (exact) mass is 433 g/mol. The zero-order chi connectivity index (χ0) is 21.4. The van der Waals surface area contributed by atoms with Crippen LogP contribution >= 0.6 is 11.6 Å². The molecule has 0 unspecified atom stereocenters. The summed E-state index contributed by atoms with van der Waals surface area (Å²) < 4.78 is 8.27. The summed E-state index contributed by atoms with van der Waals surface area (Å²) in [5, 5.41) is 12.8. The van der Waals surface area contributed by atoms with Gasteiger partial charge in [-0.15, -0.1) is 5.10 Å². The Labute approximate surface area is 180 Å². The van der Waals surface area contributed by atoms with Crippen LogP contribution in [0.1, 0.15) is 17.0 Å². The maximum absolute atomic E-state index is 12.9. The highest BCUT2D eigenvalue weighted by Crippen LogP contribution is 2.17. The predicted octanol–water partition coefficient (Wildman–Crippen LogP) is 3.10. The third-order valence-electron chi connectivity index (χ3n) is 4.79. The van der Waals surface area contributed by atoms with E-state index in [1.54, 1.807) is 16.8 Å². The fourth-order valence-electron chi connectivity index (χ4n) is 3.24. The van der Waals surface area contributed by atoms with Gasteiger partial charge in [-0.3, -0.25) is 9.36 Å². The Morgan fingerprint density at radius 3 is 2.74 bits per heavy atom. The van der Waals surface area contributed by atoms with Crippen molar-refractivity contribution in [3.63, 3.8) is 0 Å². The molecule has 2 aromatic carbocycles. The van der Waals surface area contributed by atoms with Gasteiger partial charge in [0.25, 0.3) is 5.56 Å². The van der Waals surface area contributed by atoms with Crippen molar-refractivity contribution in [1.29, 1.82) is 0 Å². The fraction of sp³-hybridized carbons (Fsp3) is 0.143. The molecule has 0 saturated heterocycles. The number of hydrogen-bond donors (Lipinski definition) is 0. The average molecular weight is 434 g/mol. The van der Waals surface area contributed by atoms with Crippen LogP contribution in [0.3, 0.4) is 0 Å². The first-order chi connectivity index (χ1) is 15.1. The number of aryl methyl sites for hydroxylation is 1. The second-order valence-corrected chi connectivity index (χ2v) is 7.54.